The minimum atomic E-state index is 0.600. The molecule has 0 aliphatic heterocycles. The summed E-state index contributed by atoms with van der Waals surface area (Å²) < 4.78 is 0. The fourth-order valence-corrected chi connectivity index (χ4v) is 1.80. The molecule has 18 heavy (non-hydrogen) atoms. The second kappa shape index (κ2) is 4.76. The Balaban J connectivity index is 2.52. The van der Waals surface area contributed by atoms with Gasteiger partial charge in [-0.1, -0.05) is 12.1 Å². The van der Waals surface area contributed by atoms with Crippen molar-refractivity contribution in [2.75, 3.05) is 17.7 Å². The third kappa shape index (κ3) is 1.98. The highest BCUT2D eigenvalue weighted by Gasteiger charge is 2.13. The monoisotopic (exact) mass is 238 g/mol. The van der Waals surface area contributed by atoms with E-state index in [0.717, 1.165) is 11.3 Å². The van der Waals surface area contributed by atoms with Crippen LogP contribution in [0.25, 0.3) is 0 Å². The fraction of sp³-hybridized carbons (Fsp3) is 0.143. The molecule has 1 heterocycles. The largest absolute Gasteiger partial charge is 0.396 e. The SMILES string of the molecule is Cc1ccnc(N(C)c2ccccc2C#N)c1N. The lowest BCUT2D eigenvalue weighted by atomic mass is 10.1. The van der Waals surface area contributed by atoms with E-state index in [4.69, 9.17) is 11.0 Å². The second-order valence-corrected chi connectivity index (χ2v) is 4.05. The molecule has 2 rings (SSSR count). The molecule has 4 nitrogen and oxygen atoms in total. The molecule has 0 amide bonds. The highest BCUT2D eigenvalue weighted by atomic mass is 15.2. The van der Waals surface area contributed by atoms with Gasteiger partial charge in [0, 0.05) is 13.2 Å². The highest BCUT2D eigenvalue weighted by Crippen LogP contribution is 2.30. The van der Waals surface area contributed by atoms with Crippen LogP contribution in [0.4, 0.5) is 17.2 Å². The van der Waals surface area contributed by atoms with Crippen molar-refractivity contribution in [3.8, 4) is 6.07 Å². The van der Waals surface area contributed by atoms with E-state index in [-0.39, 0.29) is 0 Å². The van der Waals surface area contributed by atoms with E-state index in [1.54, 1.807) is 12.3 Å². The van der Waals surface area contributed by atoms with Crippen molar-refractivity contribution in [2.24, 2.45) is 0 Å². The molecule has 0 aliphatic rings. The van der Waals surface area contributed by atoms with Crippen molar-refractivity contribution < 1.29 is 0 Å². The Labute approximate surface area is 106 Å². The summed E-state index contributed by atoms with van der Waals surface area (Å²) in [5.41, 5.74) is 9.03. The standard InChI is InChI=1S/C14H14N4/c1-10-7-8-17-14(13(10)16)18(2)12-6-4-3-5-11(12)9-15/h3-8H,16H2,1-2H3. The third-order valence-corrected chi connectivity index (χ3v) is 2.89. The van der Waals surface area contributed by atoms with Gasteiger partial charge in [-0.15, -0.1) is 0 Å². The number of aryl methyl sites for hydroxylation is 1. The second-order valence-electron chi connectivity index (χ2n) is 4.05. The lowest BCUT2D eigenvalue weighted by molar-refractivity contribution is 1.12. The number of rotatable bonds is 2. The van der Waals surface area contributed by atoms with Gasteiger partial charge in [0.2, 0.25) is 0 Å². The average Bonchev–Trinajstić information content (AvgIpc) is 2.41. The van der Waals surface area contributed by atoms with E-state index in [2.05, 4.69) is 11.1 Å². The van der Waals surface area contributed by atoms with Gasteiger partial charge in [-0.3, -0.25) is 0 Å². The Morgan fingerprint density at radius 1 is 1.28 bits per heavy atom. The van der Waals surface area contributed by atoms with Crippen molar-refractivity contribution in [3.05, 3.63) is 47.7 Å². The van der Waals surface area contributed by atoms with Gasteiger partial charge in [0.15, 0.2) is 5.82 Å². The van der Waals surface area contributed by atoms with Crippen LogP contribution in [0.2, 0.25) is 0 Å². The van der Waals surface area contributed by atoms with Crippen molar-refractivity contribution in [2.45, 2.75) is 6.92 Å². The molecule has 0 atom stereocenters. The lowest BCUT2D eigenvalue weighted by Crippen LogP contribution is -2.15. The Morgan fingerprint density at radius 2 is 2.00 bits per heavy atom. The molecule has 0 unspecified atom stereocenters. The topological polar surface area (TPSA) is 65.9 Å². The quantitative estimate of drug-likeness (QED) is 0.873. The molecule has 0 bridgehead atoms. The normalized spacial score (nSPS) is 9.83. The van der Waals surface area contributed by atoms with E-state index in [1.165, 1.54) is 0 Å². The zero-order valence-corrected chi connectivity index (χ0v) is 10.4. The van der Waals surface area contributed by atoms with Gasteiger partial charge in [0.1, 0.15) is 6.07 Å². The van der Waals surface area contributed by atoms with Crippen molar-refractivity contribution in [1.29, 1.82) is 5.26 Å². The van der Waals surface area contributed by atoms with Crippen LogP contribution in [-0.4, -0.2) is 12.0 Å². The minimum Gasteiger partial charge on any atom is -0.396 e. The van der Waals surface area contributed by atoms with Gasteiger partial charge in [-0.2, -0.15) is 5.26 Å². The fourth-order valence-electron chi connectivity index (χ4n) is 1.80. The number of benzene rings is 1. The average molecular weight is 238 g/mol. The number of nitrogen functional groups attached to an aromatic ring is 1. The molecule has 1 aromatic carbocycles. The molecule has 2 N–H and O–H groups in total. The van der Waals surface area contributed by atoms with Crippen LogP contribution >= 0.6 is 0 Å². The van der Waals surface area contributed by atoms with E-state index >= 15 is 0 Å². The summed E-state index contributed by atoms with van der Waals surface area (Å²) in [5, 5.41) is 9.11. The van der Waals surface area contributed by atoms with Crippen LogP contribution in [0.3, 0.4) is 0 Å². The van der Waals surface area contributed by atoms with Gasteiger partial charge in [0.05, 0.1) is 16.9 Å². The van der Waals surface area contributed by atoms with Crippen molar-refractivity contribution >= 4 is 17.2 Å². The molecule has 0 saturated carbocycles. The highest BCUT2D eigenvalue weighted by molar-refractivity contribution is 5.75. The molecule has 1 aromatic heterocycles. The van der Waals surface area contributed by atoms with E-state index < -0.39 is 0 Å². The molecule has 0 saturated heterocycles. The van der Waals surface area contributed by atoms with Gasteiger partial charge in [0.25, 0.3) is 0 Å². The molecular weight excluding hydrogens is 224 g/mol. The summed E-state index contributed by atoms with van der Waals surface area (Å²) in [6, 6.07) is 11.4. The smallest absolute Gasteiger partial charge is 0.156 e. The zero-order chi connectivity index (χ0) is 13.1. The maximum absolute atomic E-state index is 9.11. The van der Waals surface area contributed by atoms with Crippen molar-refractivity contribution in [3.63, 3.8) is 0 Å². The Hall–Kier alpha value is -2.54. The van der Waals surface area contributed by atoms with E-state index in [9.17, 15) is 0 Å². The minimum absolute atomic E-state index is 0.600. The first-order valence-electron chi connectivity index (χ1n) is 5.59. The van der Waals surface area contributed by atoms with Gasteiger partial charge >= 0.3 is 0 Å². The van der Waals surface area contributed by atoms with Gasteiger partial charge in [-0.25, -0.2) is 4.98 Å². The predicted molar refractivity (Wildman–Crippen MR) is 72.6 cm³/mol. The number of hydrogen-bond acceptors (Lipinski definition) is 4. The Morgan fingerprint density at radius 3 is 2.72 bits per heavy atom. The molecule has 0 fully saturated rings. The van der Waals surface area contributed by atoms with Gasteiger partial charge in [-0.05, 0) is 30.7 Å². The Bertz CT molecular complexity index is 613. The molecule has 0 radical (unpaired) electrons. The number of nitrogens with zero attached hydrogens (tertiary/aromatic N) is 3. The van der Waals surface area contributed by atoms with Crippen LogP contribution in [-0.2, 0) is 0 Å². The molecule has 4 heteroatoms. The first-order valence-corrected chi connectivity index (χ1v) is 5.59. The molecule has 90 valence electrons. The number of anilines is 3. The number of pyridine rings is 1. The molecule has 0 aliphatic carbocycles. The summed E-state index contributed by atoms with van der Waals surface area (Å²) in [7, 11) is 1.86. The first-order chi connectivity index (χ1) is 8.65. The van der Waals surface area contributed by atoms with Crippen LogP contribution in [0.1, 0.15) is 11.1 Å². The van der Waals surface area contributed by atoms with Crippen LogP contribution in [0.5, 0.6) is 0 Å². The Kier molecular flexibility index (Phi) is 3.16. The summed E-state index contributed by atoms with van der Waals surface area (Å²) >= 11 is 0. The van der Waals surface area contributed by atoms with Gasteiger partial charge < -0.3 is 10.6 Å². The number of aromatic nitrogens is 1. The zero-order valence-electron chi connectivity index (χ0n) is 10.4. The molecular formula is C14H14N4. The summed E-state index contributed by atoms with van der Waals surface area (Å²) in [6.07, 6.45) is 1.71. The predicted octanol–water partition coefficient (Wildman–Crippen LogP) is 2.61. The number of hydrogen-bond donors (Lipinski definition) is 1. The number of nitriles is 1. The summed E-state index contributed by atoms with van der Waals surface area (Å²) in [6.45, 7) is 1.94. The molecule has 0 spiro atoms. The summed E-state index contributed by atoms with van der Waals surface area (Å²) in [5.74, 6) is 0.665. The van der Waals surface area contributed by atoms with E-state index in [1.807, 2.05) is 43.1 Å². The third-order valence-electron chi connectivity index (χ3n) is 2.89. The van der Waals surface area contributed by atoms with Crippen LogP contribution in [0, 0.1) is 18.3 Å². The number of para-hydroxylation sites is 1. The first kappa shape index (κ1) is 11.9. The molecule has 2 aromatic rings. The van der Waals surface area contributed by atoms with E-state index in [0.29, 0.717) is 17.1 Å². The summed E-state index contributed by atoms with van der Waals surface area (Å²) in [4.78, 5) is 6.12. The lowest BCUT2D eigenvalue weighted by Gasteiger charge is -2.21. The number of nitrogens with two attached hydrogens (primary N) is 1. The van der Waals surface area contributed by atoms with Crippen LogP contribution < -0.4 is 10.6 Å². The van der Waals surface area contributed by atoms with Crippen molar-refractivity contribution in [1.82, 2.24) is 4.98 Å². The maximum atomic E-state index is 9.11. The van der Waals surface area contributed by atoms with Crippen LogP contribution in [0.15, 0.2) is 36.5 Å². The maximum Gasteiger partial charge on any atom is 0.156 e.